The van der Waals surface area contributed by atoms with Crippen LogP contribution in [-0.2, 0) is 17.8 Å². The van der Waals surface area contributed by atoms with Gasteiger partial charge >= 0.3 is 0 Å². The van der Waals surface area contributed by atoms with E-state index in [1.165, 1.54) is 6.07 Å². The van der Waals surface area contributed by atoms with Crippen molar-refractivity contribution < 1.29 is 4.79 Å². The quantitative estimate of drug-likeness (QED) is 0.815. The van der Waals surface area contributed by atoms with Crippen LogP contribution in [0.4, 0.5) is 0 Å². The summed E-state index contributed by atoms with van der Waals surface area (Å²) in [6.07, 6.45) is 1.93. The second kappa shape index (κ2) is 5.08. The van der Waals surface area contributed by atoms with E-state index in [4.69, 9.17) is 0 Å². The average Bonchev–Trinajstić information content (AvgIpc) is 2.92. The number of fused-ring (bicyclic) bond motifs is 1. The smallest absolute Gasteiger partial charge is 0.266 e. The zero-order valence-corrected chi connectivity index (χ0v) is 11.6. The van der Waals surface area contributed by atoms with Crippen LogP contribution < -0.4 is 11.1 Å². The third kappa shape index (κ3) is 2.42. The van der Waals surface area contributed by atoms with Crippen LogP contribution in [0.15, 0.2) is 34.0 Å². The summed E-state index contributed by atoms with van der Waals surface area (Å²) < 4.78 is 2.12. The highest BCUT2D eigenvalue weighted by molar-refractivity contribution is 5.79. The van der Waals surface area contributed by atoms with E-state index in [1.807, 2.05) is 25.3 Å². The fourth-order valence-corrected chi connectivity index (χ4v) is 2.77. The summed E-state index contributed by atoms with van der Waals surface area (Å²) in [6, 6.07) is 5.08. The zero-order chi connectivity index (χ0) is 15.0. The second-order valence-electron chi connectivity index (χ2n) is 5.18. The Hall–Kier alpha value is -2.57. The van der Waals surface area contributed by atoms with Crippen LogP contribution >= 0.6 is 0 Å². The van der Waals surface area contributed by atoms with Gasteiger partial charge in [-0.1, -0.05) is 0 Å². The van der Waals surface area contributed by atoms with Gasteiger partial charge in [-0.3, -0.25) is 24.6 Å². The highest BCUT2D eigenvalue weighted by atomic mass is 16.2. The van der Waals surface area contributed by atoms with Gasteiger partial charge in [-0.05, 0) is 19.1 Å². The van der Waals surface area contributed by atoms with Crippen molar-refractivity contribution >= 4 is 5.91 Å². The number of amides is 1. The molecule has 1 aliphatic rings. The summed E-state index contributed by atoms with van der Waals surface area (Å²) in [7, 11) is 0. The third-order valence-corrected chi connectivity index (χ3v) is 3.90. The molecule has 1 aliphatic heterocycles. The lowest BCUT2D eigenvalue weighted by molar-refractivity contribution is -0.133. The molecule has 3 rings (SSSR count). The van der Waals surface area contributed by atoms with Crippen molar-refractivity contribution in [3.05, 3.63) is 56.4 Å². The normalized spacial score (nSPS) is 17.6. The first-order valence-corrected chi connectivity index (χ1v) is 6.81. The van der Waals surface area contributed by atoms with E-state index in [0.29, 0.717) is 6.54 Å². The molecule has 0 fully saturated rings. The standard InChI is InChI=1S/C14H16N4O3/c1-9-11-3-2-4-17(11)5-6-18(9)13(20)8-10-7-12(19)15-16-14(10)21/h2-4,7,9H,5-6,8H2,1H3,(H,15,19)(H,16,21)/t9-/m0/s1. The minimum absolute atomic E-state index is 0.0395. The van der Waals surface area contributed by atoms with Crippen molar-refractivity contribution in [2.75, 3.05) is 6.54 Å². The molecular formula is C14H16N4O3. The van der Waals surface area contributed by atoms with Gasteiger partial charge in [0.15, 0.2) is 0 Å². The predicted molar refractivity (Wildman–Crippen MR) is 75.9 cm³/mol. The minimum atomic E-state index is -0.434. The molecule has 3 heterocycles. The largest absolute Gasteiger partial charge is 0.348 e. The van der Waals surface area contributed by atoms with Crippen LogP contribution in [0.3, 0.4) is 0 Å². The molecule has 0 radical (unpaired) electrons. The van der Waals surface area contributed by atoms with Gasteiger partial charge in [0.2, 0.25) is 5.91 Å². The molecule has 7 heteroatoms. The molecule has 2 aromatic heterocycles. The molecule has 7 nitrogen and oxygen atoms in total. The lowest BCUT2D eigenvalue weighted by Gasteiger charge is -2.35. The van der Waals surface area contributed by atoms with Crippen LogP contribution in [0.1, 0.15) is 24.2 Å². The molecule has 110 valence electrons. The number of carbonyl (C=O) groups excluding carboxylic acids is 1. The van der Waals surface area contributed by atoms with Crippen LogP contribution in [0.25, 0.3) is 0 Å². The molecule has 2 N–H and O–H groups in total. The van der Waals surface area contributed by atoms with Gasteiger partial charge in [0, 0.05) is 36.6 Å². The van der Waals surface area contributed by atoms with E-state index in [0.717, 1.165) is 12.2 Å². The number of hydrogen-bond acceptors (Lipinski definition) is 3. The Kier molecular flexibility index (Phi) is 3.25. The highest BCUT2D eigenvalue weighted by Crippen LogP contribution is 2.25. The summed E-state index contributed by atoms with van der Waals surface area (Å²) in [5.41, 5.74) is 0.417. The first kappa shape index (κ1) is 13.4. The number of rotatable bonds is 2. The molecule has 0 aromatic carbocycles. The summed E-state index contributed by atoms with van der Waals surface area (Å²) in [4.78, 5) is 37.0. The Bertz CT molecular complexity index is 786. The molecular weight excluding hydrogens is 272 g/mol. The van der Waals surface area contributed by atoms with E-state index in [1.54, 1.807) is 4.90 Å². The van der Waals surface area contributed by atoms with Gasteiger partial charge in [-0.25, -0.2) is 0 Å². The van der Waals surface area contributed by atoms with Gasteiger partial charge in [0.1, 0.15) is 0 Å². The molecule has 0 unspecified atom stereocenters. The second-order valence-corrected chi connectivity index (χ2v) is 5.18. The summed E-state index contributed by atoms with van der Waals surface area (Å²) in [6.45, 7) is 3.30. The lowest BCUT2D eigenvalue weighted by atomic mass is 10.1. The van der Waals surface area contributed by atoms with Crippen LogP contribution in [0.2, 0.25) is 0 Å². The van der Waals surface area contributed by atoms with Gasteiger partial charge in [0.25, 0.3) is 11.1 Å². The van der Waals surface area contributed by atoms with Crippen molar-refractivity contribution in [3.8, 4) is 0 Å². The molecule has 0 spiro atoms. The first-order chi connectivity index (χ1) is 10.1. The van der Waals surface area contributed by atoms with E-state index in [2.05, 4.69) is 14.8 Å². The van der Waals surface area contributed by atoms with Crippen molar-refractivity contribution in [3.63, 3.8) is 0 Å². The van der Waals surface area contributed by atoms with Gasteiger partial charge < -0.3 is 9.47 Å². The predicted octanol–water partition coefficient (Wildman–Crippen LogP) is 0.0106. The Morgan fingerprint density at radius 3 is 2.95 bits per heavy atom. The number of carbonyl (C=O) groups is 1. The Balaban J connectivity index is 1.82. The number of aromatic amines is 2. The molecule has 1 atom stereocenters. The van der Waals surface area contributed by atoms with Crippen molar-refractivity contribution in [2.24, 2.45) is 0 Å². The Morgan fingerprint density at radius 1 is 1.33 bits per heavy atom. The maximum Gasteiger partial charge on any atom is 0.266 e. The number of nitrogens with zero attached hydrogens (tertiary/aromatic N) is 2. The number of H-pyrrole nitrogens is 2. The minimum Gasteiger partial charge on any atom is -0.348 e. The van der Waals surface area contributed by atoms with Crippen molar-refractivity contribution in [1.82, 2.24) is 19.7 Å². The number of hydrogen-bond donors (Lipinski definition) is 2. The molecule has 0 bridgehead atoms. The van der Waals surface area contributed by atoms with Crippen LogP contribution in [-0.4, -0.2) is 32.1 Å². The molecule has 0 saturated heterocycles. The fourth-order valence-electron chi connectivity index (χ4n) is 2.77. The first-order valence-electron chi connectivity index (χ1n) is 6.81. The lowest BCUT2D eigenvalue weighted by Crippen LogP contribution is -2.42. The van der Waals surface area contributed by atoms with E-state index >= 15 is 0 Å². The highest BCUT2D eigenvalue weighted by Gasteiger charge is 2.27. The monoisotopic (exact) mass is 288 g/mol. The molecule has 1 amide bonds. The molecule has 21 heavy (non-hydrogen) atoms. The summed E-state index contributed by atoms with van der Waals surface area (Å²) in [5, 5.41) is 4.42. The van der Waals surface area contributed by atoms with Crippen LogP contribution in [0, 0.1) is 0 Å². The molecule has 2 aromatic rings. The topological polar surface area (TPSA) is 91.0 Å². The van der Waals surface area contributed by atoms with Gasteiger partial charge in [-0.2, -0.15) is 0 Å². The van der Waals surface area contributed by atoms with Crippen LogP contribution in [0.5, 0.6) is 0 Å². The Morgan fingerprint density at radius 2 is 2.14 bits per heavy atom. The molecule has 0 aliphatic carbocycles. The van der Waals surface area contributed by atoms with E-state index in [-0.39, 0.29) is 23.9 Å². The van der Waals surface area contributed by atoms with Gasteiger partial charge in [0.05, 0.1) is 12.5 Å². The fraction of sp³-hybridized carbons (Fsp3) is 0.357. The maximum absolute atomic E-state index is 12.4. The van der Waals surface area contributed by atoms with E-state index < -0.39 is 11.1 Å². The average molecular weight is 288 g/mol. The Labute approximate surface area is 120 Å². The summed E-state index contributed by atoms with van der Waals surface area (Å²) in [5.74, 6) is -0.147. The third-order valence-electron chi connectivity index (χ3n) is 3.90. The number of nitrogens with one attached hydrogen (secondary N) is 2. The number of aromatic nitrogens is 3. The van der Waals surface area contributed by atoms with Crippen molar-refractivity contribution in [1.29, 1.82) is 0 Å². The van der Waals surface area contributed by atoms with E-state index in [9.17, 15) is 14.4 Å². The zero-order valence-electron chi connectivity index (χ0n) is 11.6. The SMILES string of the molecule is C[C@H]1c2cccn2CCN1C(=O)Cc1cc(=O)[nH][nH]c1=O. The molecule has 0 saturated carbocycles. The van der Waals surface area contributed by atoms with Gasteiger partial charge in [-0.15, -0.1) is 0 Å². The summed E-state index contributed by atoms with van der Waals surface area (Å²) >= 11 is 0. The van der Waals surface area contributed by atoms with Crippen molar-refractivity contribution in [2.45, 2.75) is 25.9 Å². The maximum atomic E-state index is 12.4.